The molecule has 2 fully saturated rings. The molecule has 0 aromatic heterocycles. The van der Waals surface area contributed by atoms with Gasteiger partial charge in [-0.05, 0) is 37.0 Å². The minimum absolute atomic E-state index is 0.0365. The maximum atomic E-state index is 12.8. The van der Waals surface area contributed by atoms with Gasteiger partial charge < -0.3 is 15.0 Å². The smallest absolute Gasteiger partial charge is 0.380 e. The van der Waals surface area contributed by atoms with Gasteiger partial charge in [-0.15, -0.1) is 0 Å². The molecular weight excluding hydrogens is 321 g/mol. The minimum atomic E-state index is -4.37. The summed E-state index contributed by atoms with van der Waals surface area (Å²) >= 11 is 0. The van der Waals surface area contributed by atoms with Crippen LogP contribution in [0.5, 0.6) is 0 Å². The second-order valence-corrected chi connectivity index (χ2v) is 6.38. The third-order valence-electron chi connectivity index (χ3n) is 4.52. The van der Waals surface area contributed by atoms with Crippen LogP contribution in [0, 0.1) is 0 Å². The van der Waals surface area contributed by atoms with Crippen molar-refractivity contribution in [3.05, 3.63) is 35.4 Å². The van der Waals surface area contributed by atoms with Gasteiger partial charge in [-0.3, -0.25) is 4.79 Å². The first kappa shape index (κ1) is 17.2. The van der Waals surface area contributed by atoms with Gasteiger partial charge in [-0.25, -0.2) is 0 Å². The Bertz CT molecular complexity index is 585. The lowest BCUT2D eigenvalue weighted by Gasteiger charge is -2.34. The van der Waals surface area contributed by atoms with Crippen LogP contribution in [0.15, 0.2) is 24.3 Å². The van der Waals surface area contributed by atoms with Crippen molar-refractivity contribution in [3.63, 3.8) is 0 Å². The number of alkyl halides is 3. The summed E-state index contributed by atoms with van der Waals surface area (Å²) in [5.41, 5.74) is -0.176. The van der Waals surface area contributed by atoms with Crippen LogP contribution in [0.2, 0.25) is 0 Å². The third-order valence-corrected chi connectivity index (χ3v) is 4.52. The molecule has 1 aromatic carbocycles. The molecule has 4 nitrogen and oxygen atoms in total. The molecule has 24 heavy (non-hydrogen) atoms. The number of piperidine rings is 1. The van der Waals surface area contributed by atoms with Crippen LogP contribution >= 0.6 is 0 Å². The molecule has 0 spiro atoms. The molecule has 132 valence electrons. The summed E-state index contributed by atoms with van der Waals surface area (Å²) < 4.78 is 43.7. The van der Waals surface area contributed by atoms with Crippen LogP contribution in [0.1, 0.15) is 30.4 Å². The van der Waals surface area contributed by atoms with Gasteiger partial charge in [-0.2, -0.15) is 13.2 Å². The number of carbonyl (C=O) groups excluding carboxylic acids is 1. The van der Waals surface area contributed by atoms with Crippen molar-refractivity contribution in [2.24, 2.45) is 0 Å². The summed E-state index contributed by atoms with van der Waals surface area (Å²) in [6, 6.07) is 5.10. The molecule has 1 aromatic rings. The Hall–Kier alpha value is -1.60. The number of hydrogen-bond acceptors (Lipinski definition) is 3. The molecule has 2 atom stereocenters. The number of halogens is 3. The number of benzene rings is 1. The number of hydrogen-bond donors (Lipinski definition) is 1. The molecule has 2 aliphatic heterocycles. The first-order valence-electron chi connectivity index (χ1n) is 8.22. The Labute approximate surface area is 139 Å². The number of rotatable bonds is 4. The fourth-order valence-electron chi connectivity index (χ4n) is 3.27. The number of amides is 1. The van der Waals surface area contributed by atoms with Crippen molar-refractivity contribution in [1.29, 1.82) is 0 Å². The fourth-order valence-corrected chi connectivity index (χ4v) is 3.27. The summed E-state index contributed by atoms with van der Waals surface area (Å²) in [6.07, 6.45) is -1.88. The minimum Gasteiger partial charge on any atom is -0.380 e. The highest BCUT2D eigenvalue weighted by Gasteiger charge is 2.33. The van der Waals surface area contributed by atoms with Crippen molar-refractivity contribution in [3.8, 4) is 0 Å². The van der Waals surface area contributed by atoms with E-state index in [9.17, 15) is 18.0 Å². The molecule has 2 heterocycles. The zero-order valence-corrected chi connectivity index (χ0v) is 13.3. The van der Waals surface area contributed by atoms with Crippen molar-refractivity contribution < 1.29 is 22.7 Å². The highest BCUT2D eigenvalue weighted by Crippen LogP contribution is 2.30. The second-order valence-electron chi connectivity index (χ2n) is 6.38. The number of nitrogens with zero attached hydrogens (tertiary/aromatic N) is 1. The van der Waals surface area contributed by atoms with E-state index in [1.807, 2.05) is 0 Å². The van der Waals surface area contributed by atoms with Crippen LogP contribution < -0.4 is 5.32 Å². The molecule has 1 N–H and O–H groups in total. The molecule has 2 aliphatic rings. The van der Waals surface area contributed by atoms with E-state index in [-0.39, 0.29) is 24.5 Å². The van der Waals surface area contributed by atoms with Gasteiger partial charge in [-0.1, -0.05) is 12.1 Å². The van der Waals surface area contributed by atoms with Gasteiger partial charge in [0.15, 0.2) is 0 Å². The van der Waals surface area contributed by atoms with Gasteiger partial charge in [0.25, 0.3) is 0 Å². The Morgan fingerprint density at radius 2 is 2.12 bits per heavy atom. The summed E-state index contributed by atoms with van der Waals surface area (Å²) in [6.45, 7) is 2.10. The summed E-state index contributed by atoms with van der Waals surface area (Å²) in [4.78, 5) is 14.2. The zero-order chi connectivity index (χ0) is 17.2. The standard InChI is InChI=1S/C17H21F3N2O2/c18-17(19,20)13-4-1-3-12(9-13)10-22-7-2-5-15(16(22)23)21-14-6-8-24-11-14/h1,3-4,9,14-15,21H,2,5-8,10-11H2/t14-,15-/m1/s1. The summed E-state index contributed by atoms with van der Waals surface area (Å²) in [7, 11) is 0. The molecule has 0 aliphatic carbocycles. The van der Waals surface area contributed by atoms with E-state index >= 15 is 0 Å². The maximum Gasteiger partial charge on any atom is 0.416 e. The topological polar surface area (TPSA) is 41.6 Å². The predicted octanol–water partition coefficient (Wildman–Crippen LogP) is 2.57. The zero-order valence-electron chi connectivity index (χ0n) is 13.3. The predicted molar refractivity (Wildman–Crippen MR) is 82.2 cm³/mol. The van der Waals surface area contributed by atoms with E-state index in [0.717, 1.165) is 31.4 Å². The van der Waals surface area contributed by atoms with E-state index in [1.54, 1.807) is 11.0 Å². The molecule has 7 heteroatoms. The van der Waals surface area contributed by atoms with Crippen LogP contribution in [-0.2, 0) is 22.3 Å². The van der Waals surface area contributed by atoms with E-state index < -0.39 is 11.7 Å². The highest BCUT2D eigenvalue weighted by atomic mass is 19.4. The summed E-state index contributed by atoms with van der Waals surface area (Å²) in [5.74, 6) is -0.0365. The third kappa shape index (κ3) is 4.08. The monoisotopic (exact) mass is 342 g/mol. The SMILES string of the molecule is O=C1[C@H](N[C@@H]2CCOC2)CCCN1Cc1cccc(C(F)(F)F)c1. The molecule has 1 amide bonds. The highest BCUT2D eigenvalue weighted by molar-refractivity contribution is 5.82. The van der Waals surface area contributed by atoms with Gasteiger partial charge >= 0.3 is 6.18 Å². The molecule has 0 radical (unpaired) electrons. The van der Waals surface area contributed by atoms with E-state index in [2.05, 4.69) is 5.32 Å². The normalized spacial score (nSPS) is 25.3. The first-order chi connectivity index (χ1) is 11.4. The molecule has 3 rings (SSSR count). The molecule has 0 bridgehead atoms. The Morgan fingerprint density at radius 1 is 1.29 bits per heavy atom. The quantitative estimate of drug-likeness (QED) is 0.914. The fraction of sp³-hybridized carbons (Fsp3) is 0.588. The van der Waals surface area contributed by atoms with Crippen LogP contribution in [0.25, 0.3) is 0 Å². The number of nitrogens with one attached hydrogen (secondary N) is 1. The van der Waals surface area contributed by atoms with E-state index in [0.29, 0.717) is 25.3 Å². The largest absolute Gasteiger partial charge is 0.416 e. The summed E-state index contributed by atoms with van der Waals surface area (Å²) in [5, 5.41) is 3.32. The average molecular weight is 342 g/mol. The number of ether oxygens (including phenoxy) is 1. The Morgan fingerprint density at radius 3 is 2.83 bits per heavy atom. The van der Waals surface area contributed by atoms with Crippen LogP contribution in [-0.4, -0.2) is 42.6 Å². The van der Waals surface area contributed by atoms with Gasteiger partial charge in [0.1, 0.15) is 0 Å². The lowest BCUT2D eigenvalue weighted by Crippen LogP contribution is -2.53. The number of carbonyl (C=O) groups is 1. The van der Waals surface area contributed by atoms with Gasteiger partial charge in [0, 0.05) is 25.7 Å². The van der Waals surface area contributed by atoms with Crippen molar-refractivity contribution in [2.45, 2.75) is 44.1 Å². The molecular formula is C17H21F3N2O2. The average Bonchev–Trinajstić information content (AvgIpc) is 3.04. The van der Waals surface area contributed by atoms with E-state index in [1.165, 1.54) is 6.07 Å². The van der Waals surface area contributed by atoms with Crippen LogP contribution in [0.3, 0.4) is 0 Å². The molecule has 0 unspecified atom stereocenters. The lowest BCUT2D eigenvalue weighted by molar-refractivity contribution is -0.137. The maximum absolute atomic E-state index is 12.8. The Kier molecular flexibility index (Phi) is 5.10. The lowest BCUT2D eigenvalue weighted by atomic mass is 10.0. The molecule has 0 saturated carbocycles. The van der Waals surface area contributed by atoms with E-state index in [4.69, 9.17) is 4.74 Å². The number of likely N-dealkylation sites (tertiary alicyclic amines) is 1. The molecule has 2 saturated heterocycles. The Balaban J connectivity index is 1.65. The van der Waals surface area contributed by atoms with Crippen molar-refractivity contribution in [2.75, 3.05) is 19.8 Å². The van der Waals surface area contributed by atoms with Crippen molar-refractivity contribution in [1.82, 2.24) is 10.2 Å². The van der Waals surface area contributed by atoms with Crippen molar-refractivity contribution >= 4 is 5.91 Å². The second kappa shape index (κ2) is 7.11. The van der Waals surface area contributed by atoms with Crippen LogP contribution in [0.4, 0.5) is 13.2 Å². The van der Waals surface area contributed by atoms with Gasteiger partial charge in [0.2, 0.25) is 5.91 Å². The van der Waals surface area contributed by atoms with Gasteiger partial charge in [0.05, 0.1) is 18.2 Å². The first-order valence-corrected chi connectivity index (χ1v) is 8.22.